The smallest absolute Gasteiger partial charge is 0.229 e. The van der Waals surface area contributed by atoms with Gasteiger partial charge in [-0.05, 0) is 38.8 Å². The molecule has 1 aromatic heterocycles. The molecule has 0 atom stereocenters. The number of carbonyl (C=O) groups excluding carboxylic acids is 1. The molecule has 6 heteroatoms. The molecule has 1 aliphatic heterocycles. The Bertz CT molecular complexity index is 758. The molecule has 1 aromatic carbocycles. The van der Waals surface area contributed by atoms with E-state index in [9.17, 15) is 4.79 Å². The number of carbonyl (C=O) groups is 1. The summed E-state index contributed by atoms with van der Waals surface area (Å²) in [6, 6.07) is 6.31. The molecule has 6 nitrogen and oxygen atoms in total. The van der Waals surface area contributed by atoms with E-state index in [-0.39, 0.29) is 0 Å². The maximum atomic E-state index is 10.9. The lowest BCUT2D eigenvalue weighted by Crippen LogP contribution is -2.46. The number of nitrogens with one attached hydrogen (secondary N) is 1. The third kappa shape index (κ3) is 3.90. The normalized spacial score (nSPS) is 14.6. The maximum absolute atomic E-state index is 10.9. The standard InChI is InChI=1S/C19H25N5O/c1-13-9-14(2)18(15(3)10-13)22-19-20-16(4)11-17(21-19)24-7-5-23(12-25)6-8-24/h9-12H,5-8H2,1-4H3,(H,20,21,22). The number of amides is 1. The van der Waals surface area contributed by atoms with Gasteiger partial charge in [-0.25, -0.2) is 4.98 Å². The Morgan fingerprint density at radius 2 is 1.60 bits per heavy atom. The number of anilines is 3. The summed E-state index contributed by atoms with van der Waals surface area (Å²) in [5.74, 6) is 1.52. The van der Waals surface area contributed by atoms with Gasteiger partial charge >= 0.3 is 0 Å². The van der Waals surface area contributed by atoms with Crippen molar-refractivity contribution in [2.45, 2.75) is 27.7 Å². The second kappa shape index (κ2) is 7.09. The van der Waals surface area contributed by atoms with Crippen molar-refractivity contribution >= 4 is 23.9 Å². The summed E-state index contributed by atoms with van der Waals surface area (Å²) in [7, 11) is 0. The molecule has 0 radical (unpaired) electrons. The molecule has 0 spiro atoms. The summed E-state index contributed by atoms with van der Waals surface area (Å²) in [6.45, 7) is 11.3. The van der Waals surface area contributed by atoms with Crippen molar-refractivity contribution in [2.24, 2.45) is 0 Å². The van der Waals surface area contributed by atoms with Crippen LogP contribution in [0.5, 0.6) is 0 Å². The van der Waals surface area contributed by atoms with Gasteiger partial charge < -0.3 is 15.1 Å². The lowest BCUT2D eigenvalue weighted by molar-refractivity contribution is -0.118. The van der Waals surface area contributed by atoms with E-state index in [1.165, 1.54) is 16.7 Å². The van der Waals surface area contributed by atoms with Crippen LogP contribution in [0.1, 0.15) is 22.4 Å². The van der Waals surface area contributed by atoms with Gasteiger partial charge in [0.1, 0.15) is 5.82 Å². The fraction of sp³-hybridized carbons (Fsp3) is 0.421. The van der Waals surface area contributed by atoms with E-state index in [0.717, 1.165) is 49.8 Å². The van der Waals surface area contributed by atoms with E-state index in [0.29, 0.717) is 5.95 Å². The van der Waals surface area contributed by atoms with Crippen LogP contribution in [0.3, 0.4) is 0 Å². The monoisotopic (exact) mass is 339 g/mol. The summed E-state index contributed by atoms with van der Waals surface area (Å²) in [4.78, 5) is 24.1. The Hall–Kier alpha value is -2.63. The molecule has 0 bridgehead atoms. The number of benzene rings is 1. The topological polar surface area (TPSA) is 61.4 Å². The van der Waals surface area contributed by atoms with Crippen LogP contribution in [0.15, 0.2) is 18.2 Å². The zero-order valence-corrected chi connectivity index (χ0v) is 15.3. The molecule has 25 heavy (non-hydrogen) atoms. The summed E-state index contributed by atoms with van der Waals surface area (Å²) in [5.41, 5.74) is 5.60. The third-order valence-electron chi connectivity index (χ3n) is 4.54. The van der Waals surface area contributed by atoms with E-state index < -0.39 is 0 Å². The van der Waals surface area contributed by atoms with Crippen molar-refractivity contribution in [3.63, 3.8) is 0 Å². The Labute approximate surface area is 148 Å². The molecule has 1 amide bonds. The van der Waals surface area contributed by atoms with Gasteiger partial charge in [-0.3, -0.25) is 4.79 Å². The van der Waals surface area contributed by atoms with E-state index in [1.807, 2.05) is 13.0 Å². The van der Waals surface area contributed by atoms with E-state index in [1.54, 1.807) is 4.90 Å². The minimum atomic E-state index is 0.614. The molecule has 1 N–H and O–H groups in total. The third-order valence-corrected chi connectivity index (χ3v) is 4.54. The van der Waals surface area contributed by atoms with Crippen LogP contribution >= 0.6 is 0 Å². The second-order valence-corrected chi connectivity index (χ2v) is 6.72. The first kappa shape index (κ1) is 17.2. The quantitative estimate of drug-likeness (QED) is 0.868. The highest BCUT2D eigenvalue weighted by Gasteiger charge is 2.18. The molecule has 3 rings (SSSR count). The zero-order valence-electron chi connectivity index (χ0n) is 15.3. The van der Waals surface area contributed by atoms with Gasteiger partial charge in [0.2, 0.25) is 12.4 Å². The Balaban J connectivity index is 1.84. The van der Waals surface area contributed by atoms with Gasteiger partial charge in [-0.15, -0.1) is 0 Å². The predicted octanol–water partition coefficient (Wildman–Crippen LogP) is 2.73. The van der Waals surface area contributed by atoms with Crippen LogP contribution in [-0.2, 0) is 4.79 Å². The number of piperazine rings is 1. The highest BCUT2D eigenvalue weighted by Crippen LogP contribution is 2.26. The Morgan fingerprint density at radius 1 is 0.960 bits per heavy atom. The maximum Gasteiger partial charge on any atom is 0.229 e. The molecule has 0 unspecified atom stereocenters. The molecule has 2 heterocycles. The highest BCUT2D eigenvalue weighted by atomic mass is 16.1. The molecular formula is C19H25N5O. The van der Waals surface area contributed by atoms with Crippen LogP contribution in [0.2, 0.25) is 0 Å². The van der Waals surface area contributed by atoms with Gasteiger partial charge in [-0.1, -0.05) is 17.7 Å². The van der Waals surface area contributed by atoms with Crippen LogP contribution in [0, 0.1) is 27.7 Å². The number of aromatic nitrogens is 2. The van der Waals surface area contributed by atoms with Crippen molar-refractivity contribution < 1.29 is 4.79 Å². The first-order valence-corrected chi connectivity index (χ1v) is 8.61. The Morgan fingerprint density at radius 3 is 2.20 bits per heavy atom. The van der Waals surface area contributed by atoms with Gasteiger partial charge in [0.15, 0.2) is 0 Å². The zero-order chi connectivity index (χ0) is 18.0. The molecule has 1 aliphatic rings. The number of hydrogen-bond donors (Lipinski definition) is 1. The Kier molecular flexibility index (Phi) is 4.88. The molecule has 0 saturated carbocycles. The van der Waals surface area contributed by atoms with Crippen molar-refractivity contribution in [1.82, 2.24) is 14.9 Å². The average molecular weight is 339 g/mol. The molecule has 2 aromatic rings. The van der Waals surface area contributed by atoms with Crippen LogP contribution in [0.4, 0.5) is 17.5 Å². The van der Waals surface area contributed by atoms with Crippen molar-refractivity contribution in [2.75, 3.05) is 36.4 Å². The number of rotatable bonds is 4. The van der Waals surface area contributed by atoms with Gasteiger partial charge in [-0.2, -0.15) is 4.98 Å². The van der Waals surface area contributed by atoms with E-state index >= 15 is 0 Å². The summed E-state index contributed by atoms with van der Waals surface area (Å²) >= 11 is 0. The summed E-state index contributed by atoms with van der Waals surface area (Å²) in [5, 5.41) is 3.39. The van der Waals surface area contributed by atoms with Crippen LogP contribution in [-0.4, -0.2) is 47.5 Å². The first-order valence-electron chi connectivity index (χ1n) is 8.61. The van der Waals surface area contributed by atoms with E-state index in [4.69, 9.17) is 4.98 Å². The van der Waals surface area contributed by atoms with Crippen molar-refractivity contribution in [1.29, 1.82) is 0 Å². The van der Waals surface area contributed by atoms with Crippen molar-refractivity contribution in [3.8, 4) is 0 Å². The molecular weight excluding hydrogens is 314 g/mol. The summed E-state index contributed by atoms with van der Waals surface area (Å²) < 4.78 is 0. The highest BCUT2D eigenvalue weighted by molar-refractivity contribution is 5.64. The SMILES string of the molecule is Cc1cc(C)c(Nc2nc(C)cc(N3CCN(C=O)CC3)n2)c(C)c1. The molecule has 0 aliphatic carbocycles. The lowest BCUT2D eigenvalue weighted by Gasteiger charge is -2.33. The first-order chi connectivity index (χ1) is 12.0. The number of hydrogen-bond acceptors (Lipinski definition) is 5. The van der Waals surface area contributed by atoms with Gasteiger partial charge in [0.05, 0.1) is 0 Å². The van der Waals surface area contributed by atoms with Crippen molar-refractivity contribution in [3.05, 3.63) is 40.6 Å². The van der Waals surface area contributed by atoms with Gasteiger partial charge in [0, 0.05) is 43.6 Å². The number of aryl methyl sites for hydroxylation is 4. The fourth-order valence-electron chi connectivity index (χ4n) is 3.32. The summed E-state index contributed by atoms with van der Waals surface area (Å²) in [6.07, 6.45) is 0.915. The fourth-order valence-corrected chi connectivity index (χ4v) is 3.32. The number of nitrogens with zero attached hydrogens (tertiary/aromatic N) is 4. The lowest BCUT2D eigenvalue weighted by atomic mass is 10.1. The minimum absolute atomic E-state index is 0.614. The predicted molar refractivity (Wildman–Crippen MR) is 101 cm³/mol. The largest absolute Gasteiger partial charge is 0.353 e. The van der Waals surface area contributed by atoms with E-state index in [2.05, 4.69) is 48.1 Å². The average Bonchev–Trinajstić information content (AvgIpc) is 2.58. The van der Waals surface area contributed by atoms with Crippen LogP contribution < -0.4 is 10.2 Å². The molecule has 1 fully saturated rings. The second-order valence-electron chi connectivity index (χ2n) is 6.72. The molecule has 1 saturated heterocycles. The molecule has 132 valence electrons. The minimum Gasteiger partial charge on any atom is -0.353 e. The van der Waals surface area contributed by atoms with Crippen LogP contribution in [0.25, 0.3) is 0 Å². The van der Waals surface area contributed by atoms with Gasteiger partial charge in [0.25, 0.3) is 0 Å².